The fourth-order valence-corrected chi connectivity index (χ4v) is 2.47. The van der Waals surface area contributed by atoms with Crippen LogP contribution in [0, 0.1) is 0 Å². The molecule has 0 spiro atoms. The molecule has 0 bridgehead atoms. The molecule has 1 aliphatic heterocycles. The lowest BCUT2D eigenvalue weighted by Gasteiger charge is -2.32. The third kappa shape index (κ3) is 3.52. The standard InChI is InChI=1S/C17H18N2O6/c1-10(20)18-9-16(22)19(11(2)21)14(17(18)23)8-12-7-13(24-3)5-6-15(12)25-4/h5-8H,9H2,1-4H3/b14-8+. The Kier molecular flexibility index (Phi) is 5.21. The second-order valence-electron chi connectivity index (χ2n) is 5.30. The van der Waals surface area contributed by atoms with Crippen LogP contribution in [0.3, 0.4) is 0 Å². The van der Waals surface area contributed by atoms with Gasteiger partial charge in [-0.1, -0.05) is 0 Å². The minimum Gasteiger partial charge on any atom is -0.497 e. The molecule has 0 N–H and O–H groups in total. The Labute approximate surface area is 144 Å². The molecule has 0 aromatic heterocycles. The van der Waals surface area contributed by atoms with Gasteiger partial charge < -0.3 is 9.47 Å². The van der Waals surface area contributed by atoms with Crippen LogP contribution in [0.15, 0.2) is 23.9 Å². The molecule has 8 heteroatoms. The van der Waals surface area contributed by atoms with Crippen molar-refractivity contribution in [3.8, 4) is 11.5 Å². The predicted octanol–water partition coefficient (Wildman–Crippen LogP) is 0.808. The summed E-state index contributed by atoms with van der Waals surface area (Å²) in [4.78, 5) is 49.9. The molecule has 2 rings (SSSR count). The van der Waals surface area contributed by atoms with E-state index in [1.54, 1.807) is 18.2 Å². The smallest absolute Gasteiger partial charge is 0.278 e. The van der Waals surface area contributed by atoms with Crippen LogP contribution in [0.4, 0.5) is 0 Å². The molecule has 1 aromatic rings. The number of amides is 4. The first kappa shape index (κ1) is 18.2. The van der Waals surface area contributed by atoms with Crippen molar-refractivity contribution < 1.29 is 28.7 Å². The average molecular weight is 346 g/mol. The molecule has 1 aromatic carbocycles. The van der Waals surface area contributed by atoms with Crippen molar-refractivity contribution in [2.24, 2.45) is 0 Å². The molecule has 0 saturated carbocycles. The van der Waals surface area contributed by atoms with E-state index in [1.807, 2.05) is 0 Å². The maximum absolute atomic E-state index is 12.6. The van der Waals surface area contributed by atoms with Gasteiger partial charge in [-0.15, -0.1) is 0 Å². The lowest BCUT2D eigenvalue weighted by atomic mass is 10.1. The number of nitrogens with zero attached hydrogens (tertiary/aromatic N) is 2. The summed E-state index contributed by atoms with van der Waals surface area (Å²) in [5.74, 6) is -1.67. The Morgan fingerprint density at radius 1 is 1.08 bits per heavy atom. The molecule has 25 heavy (non-hydrogen) atoms. The Morgan fingerprint density at radius 3 is 2.28 bits per heavy atom. The molecular weight excluding hydrogens is 328 g/mol. The van der Waals surface area contributed by atoms with Gasteiger partial charge in [-0.05, 0) is 24.3 Å². The number of methoxy groups -OCH3 is 2. The van der Waals surface area contributed by atoms with Crippen LogP contribution in [0.25, 0.3) is 6.08 Å². The van der Waals surface area contributed by atoms with Gasteiger partial charge in [0.25, 0.3) is 11.8 Å². The van der Waals surface area contributed by atoms with Crippen molar-refractivity contribution in [1.82, 2.24) is 9.80 Å². The van der Waals surface area contributed by atoms with Crippen LogP contribution in [0.2, 0.25) is 0 Å². The number of hydrogen-bond donors (Lipinski definition) is 0. The van der Waals surface area contributed by atoms with Gasteiger partial charge in [-0.3, -0.25) is 24.1 Å². The van der Waals surface area contributed by atoms with Crippen LogP contribution in [-0.2, 0) is 19.2 Å². The largest absolute Gasteiger partial charge is 0.497 e. The molecule has 0 aliphatic carbocycles. The fraction of sp³-hybridized carbons (Fsp3) is 0.294. The quantitative estimate of drug-likeness (QED) is 0.752. The van der Waals surface area contributed by atoms with E-state index in [2.05, 4.69) is 0 Å². The van der Waals surface area contributed by atoms with E-state index in [0.29, 0.717) is 17.1 Å². The molecule has 1 fully saturated rings. The summed E-state index contributed by atoms with van der Waals surface area (Å²) in [6.45, 7) is 1.88. The van der Waals surface area contributed by atoms with E-state index < -0.39 is 30.2 Å². The maximum Gasteiger partial charge on any atom is 0.278 e. The van der Waals surface area contributed by atoms with Gasteiger partial charge in [0.05, 0.1) is 14.2 Å². The number of imide groups is 2. The van der Waals surface area contributed by atoms with Crippen LogP contribution in [-0.4, -0.2) is 54.2 Å². The lowest BCUT2D eigenvalue weighted by molar-refractivity contribution is -0.156. The second kappa shape index (κ2) is 7.16. The molecule has 1 saturated heterocycles. The summed E-state index contributed by atoms with van der Waals surface area (Å²) in [6.07, 6.45) is 1.33. The first-order chi connectivity index (χ1) is 11.8. The number of benzene rings is 1. The van der Waals surface area contributed by atoms with Crippen molar-refractivity contribution in [3.05, 3.63) is 29.5 Å². The van der Waals surface area contributed by atoms with E-state index in [0.717, 1.165) is 9.80 Å². The van der Waals surface area contributed by atoms with Crippen LogP contribution in [0.5, 0.6) is 11.5 Å². The topological polar surface area (TPSA) is 93.2 Å². The molecule has 0 radical (unpaired) electrons. The zero-order chi connectivity index (χ0) is 18.7. The first-order valence-corrected chi connectivity index (χ1v) is 7.39. The van der Waals surface area contributed by atoms with Gasteiger partial charge in [-0.2, -0.15) is 0 Å². The number of hydrogen-bond acceptors (Lipinski definition) is 6. The Morgan fingerprint density at radius 2 is 1.76 bits per heavy atom. The summed E-state index contributed by atoms with van der Waals surface area (Å²) < 4.78 is 10.4. The van der Waals surface area contributed by atoms with E-state index in [9.17, 15) is 19.2 Å². The second-order valence-corrected chi connectivity index (χ2v) is 5.30. The van der Waals surface area contributed by atoms with Crippen molar-refractivity contribution in [3.63, 3.8) is 0 Å². The minimum atomic E-state index is -0.729. The fourth-order valence-electron chi connectivity index (χ4n) is 2.47. The van der Waals surface area contributed by atoms with E-state index in [-0.39, 0.29) is 5.70 Å². The average Bonchev–Trinajstić information content (AvgIpc) is 2.57. The third-order valence-corrected chi connectivity index (χ3v) is 3.67. The van der Waals surface area contributed by atoms with Crippen molar-refractivity contribution >= 4 is 29.7 Å². The predicted molar refractivity (Wildman–Crippen MR) is 87.4 cm³/mol. The van der Waals surface area contributed by atoms with Gasteiger partial charge in [0.1, 0.15) is 23.7 Å². The van der Waals surface area contributed by atoms with Gasteiger partial charge in [0.2, 0.25) is 11.8 Å². The summed E-state index contributed by atoms with van der Waals surface area (Å²) in [7, 11) is 2.93. The van der Waals surface area contributed by atoms with Gasteiger partial charge in [0.15, 0.2) is 0 Å². The van der Waals surface area contributed by atoms with Crippen molar-refractivity contribution in [2.75, 3.05) is 20.8 Å². The third-order valence-electron chi connectivity index (χ3n) is 3.67. The molecule has 1 aliphatic rings. The van der Waals surface area contributed by atoms with Gasteiger partial charge in [-0.25, -0.2) is 4.90 Å². The Balaban J connectivity index is 2.63. The number of piperazine rings is 1. The minimum absolute atomic E-state index is 0.217. The highest BCUT2D eigenvalue weighted by atomic mass is 16.5. The Hall–Kier alpha value is -3.16. The van der Waals surface area contributed by atoms with Crippen LogP contribution in [0.1, 0.15) is 19.4 Å². The summed E-state index contributed by atoms with van der Waals surface area (Å²) in [5, 5.41) is 0. The summed E-state index contributed by atoms with van der Waals surface area (Å²) >= 11 is 0. The van der Waals surface area contributed by atoms with Gasteiger partial charge in [0, 0.05) is 19.4 Å². The van der Waals surface area contributed by atoms with Crippen LogP contribution < -0.4 is 9.47 Å². The molecule has 0 unspecified atom stereocenters. The summed E-state index contributed by atoms with van der Waals surface area (Å²) in [5.41, 5.74) is 0.208. The molecule has 1 heterocycles. The number of carbonyl (C=O) groups excluding carboxylic acids is 4. The molecule has 4 amide bonds. The SMILES string of the molecule is COc1ccc(OC)c(/C=C2\C(=O)N(C(C)=O)CC(=O)N2C(C)=O)c1. The highest BCUT2D eigenvalue weighted by Gasteiger charge is 2.39. The highest BCUT2D eigenvalue weighted by Crippen LogP contribution is 2.28. The number of carbonyl (C=O) groups is 4. The lowest BCUT2D eigenvalue weighted by Crippen LogP contribution is -2.54. The monoisotopic (exact) mass is 346 g/mol. The molecule has 0 atom stereocenters. The maximum atomic E-state index is 12.6. The zero-order valence-corrected chi connectivity index (χ0v) is 14.4. The van der Waals surface area contributed by atoms with E-state index in [1.165, 1.54) is 34.1 Å². The Bertz CT molecular complexity index is 783. The van der Waals surface area contributed by atoms with Gasteiger partial charge >= 0.3 is 0 Å². The molecule has 132 valence electrons. The molecular formula is C17H18N2O6. The number of ether oxygens (including phenoxy) is 2. The normalized spacial score (nSPS) is 16.2. The van der Waals surface area contributed by atoms with E-state index in [4.69, 9.17) is 9.47 Å². The van der Waals surface area contributed by atoms with E-state index >= 15 is 0 Å². The van der Waals surface area contributed by atoms with Crippen molar-refractivity contribution in [2.45, 2.75) is 13.8 Å². The summed E-state index contributed by atoms with van der Waals surface area (Å²) in [6, 6.07) is 4.88. The highest BCUT2D eigenvalue weighted by molar-refractivity contribution is 6.17. The zero-order valence-electron chi connectivity index (χ0n) is 14.4. The first-order valence-electron chi connectivity index (χ1n) is 7.39. The van der Waals surface area contributed by atoms with Crippen LogP contribution >= 0.6 is 0 Å². The molecule has 8 nitrogen and oxygen atoms in total. The number of rotatable bonds is 3. The van der Waals surface area contributed by atoms with Crippen molar-refractivity contribution in [1.29, 1.82) is 0 Å².